The van der Waals surface area contributed by atoms with E-state index in [0.29, 0.717) is 35.3 Å². The van der Waals surface area contributed by atoms with Gasteiger partial charge in [-0.2, -0.15) is 5.10 Å². The third-order valence-electron chi connectivity index (χ3n) is 6.00. The van der Waals surface area contributed by atoms with Crippen LogP contribution in [0.2, 0.25) is 0 Å². The van der Waals surface area contributed by atoms with Crippen molar-refractivity contribution >= 4 is 23.1 Å². The highest BCUT2D eigenvalue weighted by molar-refractivity contribution is 6.44. The van der Waals surface area contributed by atoms with Crippen molar-refractivity contribution in [2.24, 2.45) is 4.99 Å². The predicted molar refractivity (Wildman–Crippen MR) is 144 cm³/mol. The van der Waals surface area contributed by atoms with Gasteiger partial charge in [0, 0.05) is 35.6 Å². The summed E-state index contributed by atoms with van der Waals surface area (Å²) in [5.41, 5.74) is 4.65. The number of nitrogens with one attached hydrogen (secondary N) is 2. The van der Waals surface area contributed by atoms with Gasteiger partial charge in [-0.1, -0.05) is 24.3 Å². The van der Waals surface area contributed by atoms with Gasteiger partial charge < -0.3 is 15.2 Å². The fourth-order valence-corrected chi connectivity index (χ4v) is 3.99. The molecule has 10 nitrogen and oxygen atoms in total. The molecule has 0 aliphatic carbocycles. The Hall–Kier alpha value is -4.60. The van der Waals surface area contributed by atoms with E-state index in [9.17, 15) is 4.79 Å². The molecule has 2 N–H and O–H groups in total. The second-order valence-corrected chi connectivity index (χ2v) is 9.37. The van der Waals surface area contributed by atoms with Crippen molar-refractivity contribution in [3.05, 3.63) is 72.9 Å². The number of carbonyl (C=O) groups is 1. The van der Waals surface area contributed by atoms with Gasteiger partial charge in [-0.15, -0.1) is 10.2 Å². The van der Waals surface area contributed by atoms with Crippen molar-refractivity contribution in [3.63, 3.8) is 0 Å². The van der Waals surface area contributed by atoms with E-state index in [4.69, 9.17) is 0 Å². The molecular formula is C27H29N9O. The highest BCUT2D eigenvalue weighted by Crippen LogP contribution is 2.26. The van der Waals surface area contributed by atoms with Crippen LogP contribution >= 0.6 is 0 Å². The molecule has 4 aromatic rings. The van der Waals surface area contributed by atoms with Gasteiger partial charge in [0.05, 0.1) is 18.4 Å². The SMILES string of the molecule is CC(C)n1cc(-c2cccc(C3=CNCC(C(=O)Nc4cccc(-c5nncn5C(C)C)n4)=N3)c2)cn1. The molecule has 1 aliphatic heterocycles. The second-order valence-electron chi connectivity index (χ2n) is 9.37. The van der Waals surface area contributed by atoms with Gasteiger partial charge in [0.25, 0.3) is 5.91 Å². The first-order chi connectivity index (χ1) is 17.9. The molecule has 0 saturated heterocycles. The van der Waals surface area contributed by atoms with Crippen LogP contribution < -0.4 is 10.6 Å². The monoisotopic (exact) mass is 495 g/mol. The lowest BCUT2D eigenvalue weighted by molar-refractivity contribution is -0.110. The number of aromatic nitrogens is 6. The average molecular weight is 496 g/mol. The topological polar surface area (TPSA) is 115 Å². The van der Waals surface area contributed by atoms with Gasteiger partial charge >= 0.3 is 0 Å². The quantitative estimate of drug-likeness (QED) is 0.394. The number of benzene rings is 1. The zero-order valence-electron chi connectivity index (χ0n) is 21.3. The number of anilines is 1. The van der Waals surface area contributed by atoms with Crippen LogP contribution in [0.1, 0.15) is 45.3 Å². The molecule has 188 valence electrons. The van der Waals surface area contributed by atoms with Gasteiger partial charge in [0.1, 0.15) is 23.6 Å². The summed E-state index contributed by atoms with van der Waals surface area (Å²) in [5, 5.41) is 18.7. The van der Waals surface area contributed by atoms with E-state index in [1.807, 2.05) is 72.0 Å². The van der Waals surface area contributed by atoms with E-state index < -0.39 is 0 Å². The molecule has 0 spiro atoms. The van der Waals surface area contributed by atoms with Crippen LogP contribution in [0.5, 0.6) is 0 Å². The van der Waals surface area contributed by atoms with Gasteiger partial charge in [-0.05, 0) is 51.5 Å². The molecular weight excluding hydrogens is 466 g/mol. The van der Waals surface area contributed by atoms with Crippen LogP contribution in [0.25, 0.3) is 28.3 Å². The Morgan fingerprint density at radius 1 is 1.03 bits per heavy atom. The molecule has 4 heterocycles. The molecule has 0 atom stereocenters. The molecule has 3 aromatic heterocycles. The molecule has 10 heteroatoms. The Morgan fingerprint density at radius 2 is 1.84 bits per heavy atom. The first kappa shape index (κ1) is 24.1. The fourth-order valence-electron chi connectivity index (χ4n) is 3.99. The van der Waals surface area contributed by atoms with Crippen LogP contribution in [0.3, 0.4) is 0 Å². The number of rotatable bonds is 7. The van der Waals surface area contributed by atoms with E-state index >= 15 is 0 Å². The highest BCUT2D eigenvalue weighted by Gasteiger charge is 2.18. The summed E-state index contributed by atoms with van der Waals surface area (Å²) in [6, 6.07) is 13.9. The zero-order valence-corrected chi connectivity index (χ0v) is 21.3. The Balaban J connectivity index is 1.34. The summed E-state index contributed by atoms with van der Waals surface area (Å²) >= 11 is 0. The van der Waals surface area contributed by atoms with Crippen molar-refractivity contribution in [1.29, 1.82) is 0 Å². The molecule has 0 radical (unpaired) electrons. The summed E-state index contributed by atoms with van der Waals surface area (Å²) in [5.74, 6) is 0.748. The zero-order chi connectivity index (χ0) is 25.9. The molecule has 0 saturated carbocycles. The summed E-state index contributed by atoms with van der Waals surface area (Å²) in [6.07, 6.45) is 7.39. The van der Waals surface area contributed by atoms with E-state index in [1.165, 1.54) is 0 Å². The predicted octanol–water partition coefficient (Wildman–Crippen LogP) is 4.35. The standard InChI is InChI=1S/C27H29N9O/c1-17(2)35-16-29-34-26(35)22-9-6-10-25(32-22)33-27(37)24-14-28-13-23(31-24)20-8-5-7-19(11-20)21-12-30-36(15-21)18(3)4/h5-13,15-18,28H,14H2,1-4H3,(H,32,33,37). The second kappa shape index (κ2) is 10.2. The van der Waals surface area contributed by atoms with Crippen LogP contribution in [0.15, 0.2) is 72.4 Å². The maximum absolute atomic E-state index is 13.1. The fraction of sp³-hybridized carbons (Fsp3) is 0.259. The molecule has 0 unspecified atom stereocenters. The van der Waals surface area contributed by atoms with Crippen molar-refractivity contribution < 1.29 is 4.79 Å². The van der Waals surface area contributed by atoms with Gasteiger partial charge in [-0.25, -0.2) is 9.98 Å². The average Bonchev–Trinajstić information content (AvgIpc) is 3.60. The lowest BCUT2D eigenvalue weighted by atomic mass is 10.0. The normalized spacial score (nSPS) is 13.4. The maximum atomic E-state index is 13.1. The van der Waals surface area contributed by atoms with Crippen molar-refractivity contribution in [2.45, 2.75) is 39.8 Å². The van der Waals surface area contributed by atoms with Crippen LogP contribution in [-0.2, 0) is 4.79 Å². The van der Waals surface area contributed by atoms with Gasteiger partial charge in [0.2, 0.25) is 0 Å². The van der Waals surface area contributed by atoms with Gasteiger partial charge in [0.15, 0.2) is 5.82 Å². The van der Waals surface area contributed by atoms with Crippen molar-refractivity contribution in [2.75, 3.05) is 11.9 Å². The van der Waals surface area contributed by atoms with Crippen molar-refractivity contribution in [3.8, 4) is 22.6 Å². The minimum absolute atomic E-state index is 0.183. The Labute approximate surface area is 215 Å². The van der Waals surface area contributed by atoms with Crippen LogP contribution in [-0.4, -0.2) is 47.7 Å². The first-order valence-corrected chi connectivity index (χ1v) is 12.2. The maximum Gasteiger partial charge on any atom is 0.273 e. The van der Waals surface area contributed by atoms with Crippen LogP contribution in [0, 0.1) is 0 Å². The summed E-state index contributed by atoms with van der Waals surface area (Å²) in [6.45, 7) is 8.60. The largest absolute Gasteiger partial charge is 0.383 e. The van der Waals surface area contributed by atoms with E-state index in [1.54, 1.807) is 12.4 Å². The number of amides is 1. The number of hydrogen-bond acceptors (Lipinski definition) is 7. The first-order valence-electron chi connectivity index (χ1n) is 12.2. The van der Waals surface area contributed by atoms with E-state index in [-0.39, 0.29) is 18.0 Å². The molecule has 1 aliphatic rings. The lowest BCUT2D eigenvalue weighted by Crippen LogP contribution is -2.33. The number of nitrogens with zero attached hydrogens (tertiary/aromatic N) is 7. The molecule has 1 aromatic carbocycles. The van der Waals surface area contributed by atoms with E-state index in [0.717, 1.165) is 16.7 Å². The Bertz CT molecular complexity index is 1490. The lowest BCUT2D eigenvalue weighted by Gasteiger charge is -2.15. The van der Waals surface area contributed by atoms with Crippen LogP contribution in [0.4, 0.5) is 5.82 Å². The minimum atomic E-state index is -0.317. The number of carbonyl (C=O) groups excluding carboxylic acids is 1. The smallest absolute Gasteiger partial charge is 0.273 e. The number of aliphatic imine (C=N–C) groups is 1. The summed E-state index contributed by atoms with van der Waals surface area (Å²) in [7, 11) is 0. The Morgan fingerprint density at radius 3 is 2.62 bits per heavy atom. The summed E-state index contributed by atoms with van der Waals surface area (Å²) < 4.78 is 3.86. The summed E-state index contributed by atoms with van der Waals surface area (Å²) in [4.78, 5) is 22.3. The Kier molecular flexibility index (Phi) is 6.63. The molecule has 37 heavy (non-hydrogen) atoms. The third kappa shape index (κ3) is 5.18. The van der Waals surface area contributed by atoms with Crippen molar-refractivity contribution in [1.82, 2.24) is 34.8 Å². The molecule has 0 fully saturated rings. The third-order valence-corrected chi connectivity index (χ3v) is 6.00. The number of hydrogen-bond donors (Lipinski definition) is 2. The highest BCUT2D eigenvalue weighted by atomic mass is 16.2. The number of pyridine rings is 1. The molecule has 0 bridgehead atoms. The van der Waals surface area contributed by atoms with Gasteiger partial charge in [-0.3, -0.25) is 9.48 Å². The molecule has 1 amide bonds. The van der Waals surface area contributed by atoms with E-state index in [2.05, 4.69) is 55.8 Å². The minimum Gasteiger partial charge on any atom is -0.383 e. The molecule has 5 rings (SSSR count).